The van der Waals surface area contributed by atoms with Crippen molar-refractivity contribution in [2.24, 2.45) is 17.8 Å². The van der Waals surface area contributed by atoms with Gasteiger partial charge in [0.25, 0.3) is 0 Å². The minimum atomic E-state index is -1.36. The molecule has 0 saturated heterocycles. The van der Waals surface area contributed by atoms with Gasteiger partial charge in [0.15, 0.2) is 0 Å². The van der Waals surface area contributed by atoms with Crippen LogP contribution in [0.15, 0.2) is 24.3 Å². The van der Waals surface area contributed by atoms with Gasteiger partial charge in [0.2, 0.25) is 0 Å². The van der Waals surface area contributed by atoms with E-state index in [2.05, 4.69) is 20.8 Å². The van der Waals surface area contributed by atoms with Crippen LogP contribution in [0.2, 0.25) is 0 Å². The molecule has 1 saturated carbocycles. The first-order chi connectivity index (χ1) is 10.4. The number of aromatic carboxylic acids is 1. The van der Waals surface area contributed by atoms with Gasteiger partial charge < -0.3 is 14.6 Å². The largest absolute Gasteiger partial charge is 0.545 e. The summed E-state index contributed by atoms with van der Waals surface area (Å²) in [5.74, 6) is -0.643. The first-order valence-electron chi connectivity index (χ1n) is 7.91. The smallest absolute Gasteiger partial charge is 0.339 e. The molecule has 1 aromatic rings. The van der Waals surface area contributed by atoms with E-state index in [1.165, 1.54) is 12.1 Å². The Kier molecular flexibility index (Phi) is 5.22. The molecular weight excluding hydrogens is 280 g/mol. The first-order valence-corrected chi connectivity index (χ1v) is 7.91. The minimum Gasteiger partial charge on any atom is -0.545 e. The van der Waals surface area contributed by atoms with Crippen molar-refractivity contribution in [1.82, 2.24) is 0 Å². The number of benzene rings is 1. The highest BCUT2D eigenvalue weighted by molar-refractivity contribution is 6.01. The fraction of sp³-hybridized carbons (Fsp3) is 0.556. The number of esters is 1. The predicted molar refractivity (Wildman–Crippen MR) is 81.3 cm³/mol. The topological polar surface area (TPSA) is 66.4 Å². The van der Waals surface area contributed by atoms with E-state index in [9.17, 15) is 14.7 Å². The summed E-state index contributed by atoms with van der Waals surface area (Å²) in [7, 11) is 0. The quantitative estimate of drug-likeness (QED) is 0.802. The summed E-state index contributed by atoms with van der Waals surface area (Å²) in [6.07, 6.45) is 2.87. The maximum Gasteiger partial charge on any atom is 0.339 e. The molecule has 120 valence electrons. The molecule has 4 nitrogen and oxygen atoms in total. The molecule has 22 heavy (non-hydrogen) atoms. The Morgan fingerprint density at radius 1 is 1.18 bits per heavy atom. The van der Waals surface area contributed by atoms with Gasteiger partial charge in [0.1, 0.15) is 6.10 Å². The maximum absolute atomic E-state index is 12.4. The van der Waals surface area contributed by atoms with Gasteiger partial charge in [-0.3, -0.25) is 0 Å². The molecule has 2 rings (SSSR count). The molecule has 1 fully saturated rings. The zero-order chi connectivity index (χ0) is 16.3. The normalized spacial score (nSPS) is 25.0. The number of rotatable bonds is 4. The van der Waals surface area contributed by atoms with Gasteiger partial charge in [-0.2, -0.15) is 0 Å². The van der Waals surface area contributed by atoms with E-state index >= 15 is 0 Å². The lowest BCUT2D eigenvalue weighted by atomic mass is 9.75. The number of ether oxygens (including phenoxy) is 1. The second-order valence-electron chi connectivity index (χ2n) is 6.60. The number of carbonyl (C=O) groups excluding carboxylic acids is 2. The maximum atomic E-state index is 12.4. The van der Waals surface area contributed by atoms with Gasteiger partial charge >= 0.3 is 5.97 Å². The van der Waals surface area contributed by atoms with Crippen LogP contribution >= 0.6 is 0 Å². The minimum absolute atomic E-state index is 0.0724. The van der Waals surface area contributed by atoms with Crippen molar-refractivity contribution in [3.8, 4) is 0 Å². The van der Waals surface area contributed by atoms with Crippen LogP contribution in [0.4, 0.5) is 0 Å². The van der Waals surface area contributed by atoms with E-state index in [0.29, 0.717) is 17.8 Å². The van der Waals surface area contributed by atoms with Crippen molar-refractivity contribution in [2.45, 2.75) is 46.1 Å². The third-order valence-electron chi connectivity index (χ3n) is 4.59. The zero-order valence-corrected chi connectivity index (χ0v) is 13.4. The molecule has 0 amide bonds. The average molecular weight is 303 g/mol. The van der Waals surface area contributed by atoms with Gasteiger partial charge in [-0.25, -0.2) is 4.79 Å². The molecular formula is C18H23O4-. The second-order valence-corrected chi connectivity index (χ2v) is 6.60. The zero-order valence-electron chi connectivity index (χ0n) is 13.4. The first kappa shape index (κ1) is 16.5. The monoisotopic (exact) mass is 303 g/mol. The van der Waals surface area contributed by atoms with Crippen LogP contribution in [0, 0.1) is 17.8 Å². The molecule has 3 atom stereocenters. The molecule has 0 N–H and O–H groups in total. The lowest BCUT2D eigenvalue weighted by Crippen LogP contribution is -2.36. The third-order valence-corrected chi connectivity index (χ3v) is 4.59. The molecule has 0 aromatic heterocycles. The van der Waals surface area contributed by atoms with Gasteiger partial charge in [-0.15, -0.1) is 0 Å². The van der Waals surface area contributed by atoms with Crippen molar-refractivity contribution < 1.29 is 19.4 Å². The van der Waals surface area contributed by atoms with Crippen LogP contribution in [0.1, 0.15) is 60.7 Å². The summed E-state index contributed by atoms with van der Waals surface area (Å²) in [6, 6.07) is 6.05. The van der Waals surface area contributed by atoms with Crippen molar-refractivity contribution in [1.29, 1.82) is 0 Å². The molecule has 1 aliphatic carbocycles. The number of carboxylic acid groups (broad SMARTS) is 1. The Morgan fingerprint density at radius 2 is 1.82 bits per heavy atom. The summed E-state index contributed by atoms with van der Waals surface area (Å²) in [6.45, 7) is 6.43. The van der Waals surface area contributed by atoms with Crippen LogP contribution in [0.5, 0.6) is 0 Å². The fourth-order valence-electron chi connectivity index (χ4n) is 3.29. The summed E-state index contributed by atoms with van der Waals surface area (Å²) >= 11 is 0. The van der Waals surface area contributed by atoms with Crippen LogP contribution in [0.25, 0.3) is 0 Å². The van der Waals surface area contributed by atoms with Gasteiger partial charge in [0.05, 0.1) is 11.5 Å². The van der Waals surface area contributed by atoms with Crippen molar-refractivity contribution in [3.63, 3.8) is 0 Å². The third kappa shape index (κ3) is 3.67. The molecule has 0 heterocycles. The standard InChI is InChI=1S/C18H24O4/c1-11(2)13-9-8-12(3)10-16(13)22-18(21)15-7-5-4-6-14(15)17(19)20/h4-7,11-13,16H,8-10H2,1-3H3,(H,19,20)/p-1/t12-,13+,16-/m1/s1. The molecule has 0 bridgehead atoms. The van der Waals surface area contributed by atoms with E-state index in [1.807, 2.05) is 0 Å². The van der Waals surface area contributed by atoms with Crippen LogP contribution < -0.4 is 5.11 Å². The van der Waals surface area contributed by atoms with Crippen LogP contribution in [-0.4, -0.2) is 18.0 Å². The number of hydrogen-bond donors (Lipinski definition) is 0. The van der Waals surface area contributed by atoms with Gasteiger partial charge in [-0.1, -0.05) is 45.4 Å². The lowest BCUT2D eigenvalue weighted by molar-refractivity contribution is -0.255. The Balaban J connectivity index is 2.18. The molecule has 1 aliphatic rings. The van der Waals surface area contributed by atoms with Crippen LogP contribution in [-0.2, 0) is 4.74 Å². The lowest BCUT2D eigenvalue weighted by Gasteiger charge is -2.36. The van der Waals surface area contributed by atoms with E-state index in [0.717, 1.165) is 19.3 Å². The van der Waals surface area contributed by atoms with E-state index in [-0.39, 0.29) is 17.2 Å². The van der Waals surface area contributed by atoms with E-state index < -0.39 is 11.9 Å². The molecule has 1 aromatic carbocycles. The summed E-state index contributed by atoms with van der Waals surface area (Å²) in [4.78, 5) is 23.5. The summed E-state index contributed by atoms with van der Waals surface area (Å²) in [5.41, 5.74) is -0.0410. The van der Waals surface area contributed by atoms with Crippen molar-refractivity contribution >= 4 is 11.9 Å². The Hall–Kier alpha value is -1.84. The van der Waals surface area contributed by atoms with Gasteiger partial charge in [-0.05, 0) is 36.7 Å². The second kappa shape index (κ2) is 6.95. The Labute approximate surface area is 131 Å². The summed E-state index contributed by atoms with van der Waals surface area (Å²) < 4.78 is 5.68. The molecule has 0 unspecified atom stereocenters. The summed E-state index contributed by atoms with van der Waals surface area (Å²) in [5, 5.41) is 11.1. The van der Waals surface area contributed by atoms with Crippen LogP contribution in [0.3, 0.4) is 0 Å². The van der Waals surface area contributed by atoms with Crippen molar-refractivity contribution in [2.75, 3.05) is 0 Å². The van der Waals surface area contributed by atoms with Gasteiger partial charge in [0, 0.05) is 5.56 Å². The molecule has 0 spiro atoms. The number of hydrogen-bond acceptors (Lipinski definition) is 4. The highest BCUT2D eigenvalue weighted by Crippen LogP contribution is 2.35. The Bertz CT molecular complexity index is 550. The van der Waals surface area contributed by atoms with E-state index in [1.54, 1.807) is 12.1 Å². The highest BCUT2D eigenvalue weighted by atomic mass is 16.5. The Morgan fingerprint density at radius 3 is 2.41 bits per heavy atom. The highest BCUT2D eigenvalue weighted by Gasteiger charge is 2.33. The number of carbonyl (C=O) groups is 2. The molecule has 0 aliphatic heterocycles. The molecule has 4 heteroatoms. The predicted octanol–water partition coefficient (Wildman–Crippen LogP) is 2.67. The fourth-order valence-corrected chi connectivity index (χ4v) is 3.29. The molecule has 0 radical (unpaired) electrons. The van der Waals surface area contributed by atoms with E-state index in [4.69, 9.17) is 4.74 Å². The number of carboxylic acids is 1. The van der Waals surface area contributed by atoms with Crippen molar-refractivity contribution in [3.05, 3.63) is 35.4 Å². The SMILES string of the molecule is CC(C)[C@@H]1CC[C@@H](C)C[C@H]1OC(=O)c1ccccc1C(=O)[O-]. The average Bonchev–Trinajstić information content (AvgIpc) is 2.46.